The standard InChI is InChI=1S/C15H8ClF3N4O/c1-21-11-10(12(22-2)14(24-3)23-13(11)20)7-4-5-9(16)8(6-7)15(17,18)19/h4-6H,3H3,(H2,20,23). The van der Waals surface area contributed by atoms with E-state index in [4.69, 9.17) is 35.2 Å². The second-order valence-electron chi connectivity index (χ2n) is 4.49. The van der Waals surface area contributed by atoms with Crippen molar-refractivity contribution in [2.45, 2.75) is 6.18 Å². The van der Waals surface area contributed by atoms with E-state index in [0.717, 1.165) is 12.1 Å². The van der Waals surface area contributed by atoms with E-state index < -0.39 is 16.8 Å². The number of nitrogens with zero attached hydrogens (tertiary/aromatic N) is 3. The van der Waals surface area contributed by atoms with Gasteiger partial charge in [0.2, 0.25) is 17.3 Å². The largest absolute Gasteiger partial charge is 0.490 e. The van der Waals surface area contributed by atoms with E-state index in [-0.39, 0.29) is 34.2 Å². The molecule has 5 nitrogen and oxygen atoms in total. The summed E-state index contributed by atoms with van der Waals surface area (Å²) in [5.74, 6) is -0.416. The Labute approximate surface area is 140 Å². The van der Waals surface area contributed by atoms with Gasteiger partial charge in [0.25, 0.3) is 0 Å². The van der Waals surface area contributed by atoms with Gasteiger partial charge in [0.15, 0.2) is 0 Å². The van der Waals surface area contributed by atoms with Gasteiger partial charge in [0, 0.05) is 5.56 Å². The average Bonchev–Trinajstić information content (AvgIpc) is 2.53. The summed E-state index contributed by atoms with van der Waals surface area (Å²) in [6.45, 7) is 14.5. The maximum absolute atomic E-state index is 13.1. The van der Waals surface area contributed by atoms with Crippen LogP contribution in [0.2, 0.25) is 5.02 Å². The average molecular weight is 353 g/mol. The highest BCUT2D eigenvalue weighted by molar-refractivity contribution is 6.31. The molecule has 0 atom stereocenters. The van der Waals surface area contributed by atoms with Crippen LogP contribution in [0.15, 0.2) is 18.2 Å². The summed E-state index contributed by atoms with van der Waals surface area (Å²) >= 11 is 5.60. The maximum atomic E-state index is 13.1. The van der Waals surface area contributed by atoms with E-state index in [2.05, 4.69) is 14.7 Å². The van der Waals surface area contributed by atoms with Gasteiger partial charge < -0.3 is 10.5 Å². The SMILES string of the molecule is [C-]#[N+]c1c(N)nc(OC)c([N+]#[C-])c1-c1ccc(Cl)c(C(F)(F)F)c1. The number of pyridine rings is 1. The van der Waals surface area contributed by atoms with Gasteiger partial charge in [0.1, 0.15) is 5.82 Å². The van der Waals surface area contributed by atoms with Gasteiger partial charge >= 0.3 is 6.18 Å². The molecule has 1 aromatic heterocycles. The van der Waals surface area contributed by atoms with Gasteiger partial charge in [-0.1, -0.05) is 17.7 Å². The molecule has 0 aliphatic carbocycles. The number of halogens is 4. The molecule has 2 aromatic rings. The monoisotopic (exact) mass is 352 g/mol. The zero-order valence-corrected chi connectivity index (χ0v) is 12.8. The van der Waals surface area contributed by atoms with Crippen molar-refractivity contribution in [2.24, 2.45) is 0 Å². The first kappa shape index (κ1) is 17.4. The van der Waals surface area contributed by atoms with Crippen molar-refractivity contribution in [3.8, 4) is 17.0 Å². The molecule has 1 heterocycles. The molecule has 0 aliphatic rings. The van der Waals surface area contributed by atoms with E-state index in [1.165, 1.54) is 13.2 Å². The molecule has 122 valence electrons. The van der Waals surface area contributed by atoms with Gasteiger partial charge in [-0.25, -0.2) is 14.7 Å². The fourth-order valence-electron chi connectivity index (χ4n) is 2.09. The highest BCUT2D eigenvalue weighted by Crippen LogP contribution is 2.48. The van der Waals surface area contributed by atoms with Crippen molar-refractivity contribution < 1.29 is 17.9 Å². The highest BCUT2D eigenvalue weighted by Gasteiger charge is 2.34. The maximum Gasteiger partial charge on any atom is 0.417 e. The molecule has 0 spiro atoms. The van der Waals surface area contributed by atoms with Gasteiger partial charge in [-0.2, -0.15) is 13.2 Å². The summed E-state index contributed by atoms with van der Waals surface area (Å²) in [7, 11) is 1.24. The number of ether oxygens (including phenoxy) is 1. The van der Waals surface area contributed by atoms with Crippen LogP contribution in [0.1, 0.15) is 5.56 Å². The lowest BCUT2D eigenvalue weighted by Gasteiger charge is -2.15. The van der Waals surface area contributed by atoms with Crippen LogP contribution in [0.4, 0.5) is 30.4 Å². The van der Waals surface area contributed by atoms with E-state index in [1.54, 1.807) is 0 Å². The quantitative estimate of drug-likeness (QED) is 0.764. The van der Waals surface area contributed by atoms with Crippen molar-refractivity contribution in [3.63, 3.8) is 0 Å². The molecule has 1 aromatic carbocycles. The van der Waals surface area contributed by atoms with Crippen LogP contribution >= 0.6 is 11.6 Å². The second kappa shape index (κ2) is 6.26. The molecule has 0 saturated carbocycles. The molecule has 0 radical (unpaired) electrons. The second-order valence-corrected chi connectivity index (χ2v) is 4.90. The number of nitrogens with two attached hydrogens (primary N) is 1. The number of rotatable bonds is 2. The van der Waals surface area contributed by atoms with E-state index in [1.807, 2.05) is 0 Å². The Bertz CT molecular complexity index is 898. The van der Waals surface area contributed by atoms with Gasteiger partial charge in [-0.15, -0.1) is 0 Å². The smallest absolute Gasteiger partial charge is 0.417 e. The first-order valence-corrected chi connectivity index (χ1v) is 6.61. The van der Waals surface area contributed by atoms with Gasteiger partial charge in [0.05, 0.1) is 30.8 Å². The lowest BCUT2D eigenvalue weighted by Crippen LogP contribution is -2.06. The third-order valence-corrected chi connectivity index (χ3v) is 3.45. The van der Waals surface area contributed by atoms with Crippen molar-refractivity contribution in [1.82, 2.24) is 4.98 Å². The summed E-state index contributed by atoms with van der Waals surface area (Å²) in [6.07, 6.45) is -4.69. The fourth-order valence-corrected chi connectivity index (χ4v) is 2.32. The van der Waals surface area contributed by atoms with Gasteiger partial charge in [-0.3, -0.25) is 0 Å². The molecule has 24 heavy (non-hydrogen) atoms. The third-order valence-electron chi connectivity index (χ3n) is 3.12. The number of benzene rings is 1. The van der Waals surface area contributed by atoms with Crippen LogP contribution in [-0.4, -0.2) is 12.1 Å². The van der Waals surface area contributed by atoms with Crippen LogP contribution in [-0.2, 0) is 6.18 Å². The summed E-state index contributed by atoms with van der Waals surface area (Å²) in [4.78, 5) is 10.2. The Morgan fingerprint density at radius 3 is 2.33 bits per heavy atom. The predicted octanol–water partition coefficient (Wildman–Crippen LogP) is 5.11. The van der Waals surface area contributed by atoms with Crippen molar-refractivity contribution in [3.05, 3.63) is 51.6 Å². The van der Waals surface area contributed by atoms with Crippen LogP contribution in [0, 0.1) is 13.1 Å². The lowest BCUT2D eigenvalue weighted by atomic mass is 10.00. The summed E-state index contributed by atoms with van der Waals surface area (Å²) in [5.41, 5.74) is 4.05. The molecule has 2 rings (SSSR count). The zero-order chi connectivity index (χ0) is 18.1. The minimum Gasteiger partial charge on any atom is -0.490 e. The molecule has 0 unspecified atom stereocenters. The Hall–Kier alpha value is -2.97. The first-order valence-electron chi connectivity index (χ1n) is 6.24. The number of methoxy groups -OCH3 is 1. The van der Waals surface area contributed by atoms with Crippen LogP contribution < -0.4 is 10.5 Å². The lowest BCUT2D eigenvalue weighted by molar-refractivity contribution is -0.137. The highest BCUT2D eigenvalue weighted by atomic mass is 35.5. The Balaban J connectivity index is 2.90. The number of anilines is 1. The first-order chi connectivity index (χ1) is 11.2. The van der Waals surface area contributed by atoms with E-state index in [9.17, 15) is 13.2 Å². The summed E-state index contributed by atoms with van der Waals surface area (Å²) in [5, 5.41) is -0.492. The fraction of sp³-hybridized carbons (Fsp3) is 0.133. The number of aromatic nitrogens is 1. The van der Waals surface area contributed by atoms with Crippen molar-refractivity contribution >= 4 is 28.8 Å². The summed E-state index contributed by atoms with van der Waals surface area (Å²) in [6, 6.07) is 3.08. The molecular weight excluding hydrogens is 345 g/mol. The Morgan fingerprint density at radius 2 is 1.83 bits per heavy atom. The van der Waals surface area contributed by atoms with Crippen molar-refractivity contribution in [2.75, 3.05) is 12.8 Å². The summed E-state index contributed by atoms with van der Waals surface area (Å²) < 4.78 is 44.1. The van der Waals surface area contributed by atoms with Crippen LogP contribution in [0.25, 0.3) is 20.8 Å². The number of hydrogen-bond acceptors (Lipinski definition) is 3. The van der Waals surface area contributed by atoms with Crippen molar-refractivity contribution in [1.29, 1.82) is 0 Å². The normalized spacial score (nSPS) is 10.8. The molecule has 0 saturated heterocycles. The molecule has 0 fully saturated rings. The molecule has 0 aliphatic heterocycles. The molecule has 0 bridgehead atoms. The van der Waals surface area contributed by atoms with Gasteiger partial charge in [-0.05, 0) is 17.7 Å². The predicted molar refractivity (Wildman–Crippen MR) is 83.2 cm³/mol. The van der Waals surface area contributed by atoms with Crippen LogP contribution in [0.5, 0.6) is 5.88 Å². The minimum absolute atomic E-state index is 0.0314. The molecule has 0 amide bonds. The van der Waals surface area contributed by atoms with E-state index in [0.29, 0.717) is 0 Å². The molecule has 2 N–H and O–H groups in total. The number of hydrogen-bond donors (Lipinski definition) is 1. The van der Waals surface area contributed by atoms with Crippen LogP contribution in [0.3, 0.4) is 0 Å². The number of nitrogen functional groups attached to an aromatic ring is 1. The molecular formula is C15H8ClF3N4O. The minimum atomic E-state index is -4.69. The van der Waals surface area contributed by atoms with E-state index >= 15 is 0 Å². The molecule has 9 heteroatoms. The topological polar surface area (TPSA) is 56.9 Å². The Kier molecular flexibility index (Phi) is 4.54. The third kappa shape index (κ3) is 2.92. The zero-order valence-electron chi connectivity index (χ0n) is 12.1. The Morgan fingerprint density at radius 1 is 1.21 bits per heavy atom. The number of alkyl halides is 3.